The highest BCUT2D eigenvalue weighted by molar-refractivity contribution is 5.71. The molecule has 0 radical (unpaired) electrons. The van der Waals surface area contributed by atoms with Crippen LogP contribution in [0.25, 0.3) is 0 Å². The Hall–Kier alpha value is -2.18. The zero-order valence-corrected chi connectivity index (χ0v) is 10.2. The van der Waals surface area contributed by atoms with Crippen LogP contribution in [-0.4, -0.2) is 29.1 Å². The van der Waals surface area contributed by atoms with Gasteiger partial charge in [-0.1, -0.05) is 13.8 Å². The second kappa shape index (κ2) is 6.53. The Balaban J connectivity index is 2.53. The SMILES string of the molecule is CC(C)COC(=O)COc1cccnc1[N+](=O)[O-]. The van der Waals surface area contributed by atoms with E-state index in [0.717, 1.165) is 0 Å². The van der Waals surface area contributed by atoms with Crippen LogP contribution < -0.4 is 4.74 Å². The molecule has 7 nitrogen and oxygen atoms in total. The first-order valence-corrected chi connectivity index (χ1v) is 5.38. The first kappa shape index (κ1) is 13.9. The molecule has 0 aliphatic carbocycles. The first-order valence-electron chi connectivity index (χ1n) is 5.38. The van der Waals surface area contributed by atoms with Crippen molar-refractivity contribution in [2.24, 2.45) is 5.92 Å². The van der Waals surface area contributed by atoms with Gasteiger partial charge in [0.1, 0.15) is 6.20 Å². The van der Waals surface area contributed by atoms with E-state index < -0.39 is 16.7 Å². The van der Waals surface area contributed by atoms with E-state index in [0.29, 0.717) is 0 Å². The number of hydrogen-bond donors (Lipinski definition) is 0. The molecule has 0 unspecified atom stereocenters. The Morgan fingerprint density at radius 3 is 2.89 bits per heavy atom. The summed E-state index contributed by atoms with van der Waals surface area (Å²) in [6.45, 7) is 3.72. The van der Waals surface area contributed by atoms with Crippen molar-refractivity contribution in [2.45, 2.75) is 13.8 Å². The van der Waals surface area contributed by atoms with Gasteiger partial charge in [0.2, 0.25) is 5.75 Å². The summed E-state index contributed by atoms with van der Waals surface area (Å²) in [5, 5.41) is 10.6. The second-order valence-electron chi connectivity index (χ2n) is 3.95. The summed E-state index contributed by atoms with van der Waals surface area (Å²) in [6, 6.07) is 2.86. The standard InChI is InChI=1S/C11H14N2O5/c1-8(2)6-18-10(14)7-17-9-4-3-5-12-11(9)13(15)16/h3-5,8H,6-7H2,1-2H3. The number of ether oxygens (including phenoxy) is 2. The van der Waals surface area contributed by atoms with Crippen molar-refractivity contribution in [1.82, 2.24) is 4.98 Å². The molecular formula is C11H14N2O5. The number of nitrogens with zero attached hydrogens (tertiary/aromatic N) is 2. The minimum absolute atomic E-state index is 0.0519. The van der Waals surface area contributed by atoms with E-state index in [9.17, 15) is 14.9 Å². The molecule has 1 aromatic heterocycles. The summed E-state index contributed by atoms with van der Waals surface area (Å²) in [6.07, 6.45) is 1.28. The largest absolute Gasteiger partial charge is 0.474 e. The summed E-state index contributed by atoms with van der Waals surface area (Å²) in [4.78, 5) is 24.8. The van der Waals surface area contributed by atoms with Crippen molar-refractivity contribution in [3.05, 3.63) is 28.4 Å². The van der Waals surface area contributed by atoms with E-state index in [2.05, 4.69) is 4.98 Å². The van der Waals surface area contributed by atoms with Gasteiger partial charge in [-0.15, -0.1) is 0 Å². The third-order valence-corrected chi connectivity index (χ3v) is 1.85. The first-order chi connectivity index (χ1) is 8.50. The Morgan fingerprint density at radius 2 is 2.28 bits per heavy atom. The molecule has 0 spiro atoms. The number of aromatic nitrogens is 1. The average molecular weight is 254 g/mol. The van der Waals surface area contributed by atoms with E-state index >= 15 is 0 Å². The molecule has 1 aromatic rings. The summed E-state index contributed by atoms with van der Waals surface area (Å²) >= 11 is 0. The number of hydrogen-bond acceptors (Lipinski definition) is 6. The van der Waals surface area contributed by atoms with E-state index in [4.69, 9.17) is 9.47 Å². The molecule has 0 aliphatic rings. The molecule has 0 fully saturated rings. The molecule has 0 N–H and O–H groups in total. The number of pyridine rings is 1. The predicted octanol–water partition coefficient (Wildman–Crippen LogP) is 1.57. The van der Waals surface area contributed by atoms with Gasteiger partial charge in [-0.3, -0.25) is 0 Å². The van der Waals surface area contributed by atoms with Gasteiger partial charge >= 0.3 is 11.8 Å². The van der Waals surface area contributed by atoms with Crippen molar-refractivity contribution in [2.75, 3.05) is 13.2 Å². The maximum Gasteiger partial charge on any atom is 0.406 e. The zero-order chi connectivity index (χ0) is 13.5. The molecule has 0 aromatic carbocycles. The molecule has 0 aliphatic heterocycles. The lowest BCUT2D eigenvalue weighted by Crippen LogP contribution is -2.17. The highest BCUT2D eigenvalue weighted by Gasteiger charge is 2.17. The van der Waals surface area contributed by atoms with Crippen LogP contribution in [0.2, 0.25) is 0 Å². The highest BCUT2D eigenvalue weighted by Crippen LogP contribution is 2.22. The maximum absolute atomic E-state index is 11.3. The molecule has 0 atom stereocenters. The van der Waals surface area contributed by atoms with Gasteiger partial charge in [0.25, 0.3) is 0 Å². The lowest BCUT2D eigenvalue weighted by Gasteiger charge is -2.08. The summed E-state index contributed by atoms with van der Waals surface area (Å²) in [5.74, 6) is -0.818. The molecule has 0 amide bonds. The number of carbonyl (C=O) groups is 1. The fraction of sp³-hybridized carbons (Fsp3) is 0.455. The van der Waals surface area contributed by atoms with Crippen LogP contribution in [0.1, 0.15) is 13.8 Å². The minimum Gasteiger partial charge on any atom is -0.474 e. The van der Waals surface area contributed by atoms with Gasteiger partial charge in [0, 0.05) is 0 Å². The van der Waals surface area contributed by atoms with Crippen molar-refractivity contribution >= 4 is 11.8 Å². The summed E-state index contributed by atoms with van der Waals surface area (Å²) in [5.41, 5.74) is 0. The zero-order valence-electron chi connectivity index (χ0n) is 10.2. The van der Waals surface area contributed by atoms with Crippen molar-refractivity contribution in [1.29, 1.82) is 0 Å². The topological polar surface area (TPSA) is 91.6 Å². The van der Waals surface area contributed by atoms with Gasteiger partial charge in [-0.25, -0.2) is 4.79 Å². The van der Waals surface area contributed by atoms with Crippen LogP contribution in [0.3, 0.4) is 0 Å². The number of rotatable bonds is 6. The van der Waals surface area contributed by atoms with Crippen LogP contribution in [0.5, 0.6) is 5.75 Å². The van der Waals surface area contributed by atoms with Gasteiger partial charge in [0.15, 0.2) is 6.61 Å². The molecular weight excluding hydrogens is 240 g/mol. The summed E-state index contributed by atoms with van der Waals surface area (Å²) in [7, 11) is 0. The lowest BCUT2D eigenvalue weighted by molar-refractivity contribution is -0.390. The normalized spacial score (nSPS) is 10.2. The van der Waals surface area contributed by atoms with Crippen LogP contribution in [-0.2, 0) is 9.53 Å². The van der Waals surface area contributed by atoms with Gasteiger partial charge in [-0.2, -0.15) is 0 Å². The predicted molar refractivity (Wildman–Crippen MR) is 62.2 cm³/mol. The molecule has 7 heteroatoms. The third-order valence-electron chi connectivity index (χ3n) is 1.85. The van der Waals surface area contributed by atoms with Gasteiger partial charge < -0.3 is 19.6 Å². The van der Waals surface area contributed by atoms with Crippen molar-refractivity contribution in [3.8, 4) is 5.75 Å². The molecule has 1 heterocycles. The molecule has 0 bridgehead atoms. The second-order valence-corrected chi connectivity index (χ2v) is 3.95. The fourth-order valence-electron chi connectivity index (χ4n) is 1.07. The van der Waals surface area contributed by atoms with Gasteiger partial charge in [0.05, 0.1) is 6.61 Å². The van der Waals surface area contributed by atoms with Crippen LogP contribution >= 0.6 is 0 Å². The lowest BCUT2D eigenvalue weighted by atomic mass is 10.2. The number of nitro groups is 1. The van der Waals surface area contributed by atoms with Crippen LogP contribution in [0.4, 0.5) is 5.82 Å². The fourth-order valence-corrected chi connectivity index (χ4v) is 1.07. The van der Waals surface area contributed by atoms with Crippen molar-refractivity contribution in [3.63, 3.8) is 0 Å². The molecule has 0 saturated heterocycles. The van der Waals surface area contributed by atoms with Crippen LogP contribution in [0.15, 0.2) is 18.3 Å². The third kappa shape index (κ3) is 4.36. The Labute approximate surface area is 104 Å². The van der Waals surface area contributed by atoms with Gasteiger partial charge in [-0.05, 0) is 28.0 Å². The van der Waals surface area contributed by atoms with Crippen LogP contribution in [0, 0.1) is 16.0 Å². The molecule has 98 valence electrons. The summed E-state index contributed by atoms with van der Waals surface area (Å²) < 4.78 is 9.89. The quantitative estimate of drug-likeness (QED) is 0.434. The van der Waals surface area contributed by atoms with E-state index in [1.807, 2.05) is 13.8 Å². The smallest absolute Gasteiger partial charge is 0.406 e. The maximum atomic E-state index is 11.3. The monoisotopic (exact) mass is 254 g/mol. The number of esters is 1. The highest BCUT2D eigenvalue weighted by atomic mass is 16.6. The van der Waals surface area contributed by atoms with E-state index in [1.165, 1.54) is 18.3 Å². The number of carbonyl (C=O) groups excluding carboxylic acids is 1. The molecule has 1 rings (SSSR count). The van der Waals surface area contributed by atoms with Crippen molar-refractivity contribution < 1.29 is 19.2 Å². The molecule has 18 heavy (non-hydrogen) atoms. The Morgan fingerprint density at radius 1 is 1.56 bits per heavy atom. The Kier molecular flexibility index (Phi) is 5.04. The molecule has 0 saturated carbocycles. The van der Waals surface area contributed by atoms with E-state index in [-0.39, 0.29) is 24.9 Å². The van der Waals surface area contributed by atoms with E-state index in [1.54, 1.807) is 0 Å². The Bertz CT molecular complexity index is 433. The average Bonchev–Trinajstić information content (AvgIpc) is 2.34. The minimum atomic E-state index is -0.672.